The number of furan rings is 1. The molecule has 32 heavy (non-hydrogen) atoms. The van der Waals surface area contributed by atoms with E-state index in [0.29, 0.717) is 27.4 Å². The predicted molar refractivity (Wildman–Crippen MR) is 120 cm³/mol. The summed E-state index contributed by atoms with van der Waals surface area (Å²) in [5.41, 5.74) is 0.979. The van der Waals surface area contributed by atoms with Gasteiger partial charge in [0.1, 0.15) is 16.8 Å². The van der Waals surface area contributed by atoms with Gasteiger partial charge in [-0.3, -0.25) is 14.2 Å². The Morgan fingerprint density at radius 3 is 2.66 bits per heavy atom. The number of halogens is 1. The number of nitrogens with one attached hydrogen (secondary N) is 1. The molecule has 2 aromatic carbocycles. The summed E-state index contributed by atoms with van der Waals surface area (Å²) in [5, 5.41) is 3.21. The molecule has 0 radical (unpaired) electrons. The average molecular weight is 450 g/mol. The number of para-hydroxylation sites is 1. The van der Waals surface area contributed by atoms with Gasteiger partial charge in [0.25, 0.3) is 5.56 Å². The second-order valence-electron chi connectivity index (χ2n) is 7.71. The summed E-state index contributed by atoms with van der Waals surface area (Å²) in [4.78, 5) is 31.1. The Labute approximate surface area is 187 Å². The van der Waals surface area contributed by atoms with Crippen LogP contribution >= 0.6 is 11.8 Å². The van der Waals surface area contributed by atoms with Crippen molar-refractivity contribution in [2.45, 2.75) is 35.8 Å². The van der Waals surface area contributed by atoms with Crippen LogP contribution in [0.5, 0.6) is 0 Å². The van der Waals surface area contributed by atoms with Gasteiger partial charge >= 0.3 is 0 Å². The van der Waals surface area contributed by atoms with Gasteiger partial charge in [-0.15, -0.1) is 0 Å². The van der Waals surface area contributed by atoms with Crippen molar-refractivity contribution < 1.29 is 13.6 Å². The maximum atomic E-state index is 13.5. The Morgan fingerprint density at radius 2 is 1.94 bits per heavy atom. The van der Waals surface area contributed by atoms with Crippen LogP contribution in [0.2, 0.25) is 0 Å². The second-order valence-corrected chi connectivity index (χ2v) is 8.79. The number of carbonyl (C=O) groups excluding carboxylic acids is 1. The highest BCUT2D eigenvalue weighted by atomic mass is 32.2. The number of rotatable bonds is 7. The first-order valence-corrected chi connectivity index (χ1v) is 11.2. The van der Waals surface area contributed by atoms with Gasteiger partial charge in [-0.2, -0.15) is 0 Å². The number of nitrogens with zero attached hydrogens (tertiary/aromatic N) is 2. The minimum atomic E-state index is -0.688. The number of thioether (sulfide) groups is 1. The monoisotopic (exact) mass is 449 g/mol. The molecule has 0 bridgehead atoms. The summed E-state index contributed by atoms with van der Waals surface area (Å²) in [6.45, 7) is 0.187. The fourth-order valence-electron chi connectivity index (χ4n) is 3.46. The van der Waals surface area contributed by atoms with Crippen LogP contribution in [0.4, 0.5) is 4.39 Å². The van der Waals surface area contributed by atoms with Gasteiger partial charge in [0.2, 0.25) is 5.91 Å². The van der Waals surface area contributed by atoms with E-state index < -0.39 is 5.25 Å². The quantitative estimate of drug-likeness (QED) is 0.336. The van der Waals surface area contributed by atoms with Gasteiger partial charge < -0.3 is 9.73 Å². The molecule has 1 aliphatic carbocycles. The molecule has 8 heteroatoms. The first kappa shape index (κ1) is 20.5. The van der Waals surface area contributed by atoms with Crippen LogP contribution in [-0.4, -0.2) is 21.5 Å². The highest BCUT2D eigenvalue weighted by Crippen LogP contribution is 2.36. The molecule has 6 nitrogen and oxygen atoms in total. The topological polar surface area (TPSA) is 77.1 Å². The van der Waals surface area contributed by atoms with E-state index in [-0.39, 0.29) is 29.9 Å². The van der Waals surface area contributed by atoms with Crippen molar-refractivity contribution >= 4 is 28.6 Å². The van der Waals surface area contributed by atoms with Crippen LogP contribution in [0, 0.1) is 5.82 Å². The van der Waals surface area contributed by atoms with E-state index in [2.05, 4.69) is 5.32 Å². The van der Waals surface area contributed by atoms with Gasteiger partial charge in [0.15, 0.2) is 5.16 Å². The summed E-state index contributed by atoms with van der Waals surface area (Å²) >= 11 is 1.18. The third-order valence-corrected chi connectivity index (χ3v) is 6.52. The Bertz CT molecular complexity index is 1310. The molecular weight excluding hydrogens is 429 g/mol. The third-order valence-electron chi connectivity index (χ3n) is 5.28. The zero-order chi connectivity index (χ0) is 22.1. The summed E-state index contributed by atoms with van der Waals surface area (Å²) in [5.74, 6) is 0.0431. The smallest absolute Gasteiger partial charge is 0.262 e. The lowest BCUT2D eigenvalue weighted by Crippen LogP contribution is -2.31. The number of carbonyl (C=O) groups is 1. The Hall–Kier alpha value is -3.39. The maximum absolute atomic E-state index is 13.5. The van der Waals surface area contributed by atoms with Crippen LogP contribution < -0.4 is 10.9 Å². The van der Waals surface area contributed by atoms with Crippen LogP contribution in [-0.2, 0) is 11.3 Å². The van der Waals surface area contributed by atoms with Gasteiger partial charge in [0, 0.05) is 6.04 Å². The van der Waals surface area contributed by atoms with E-state index in [0.717, 1.165) is 12.8 Å². The molecule has 2 aromatic heterocycles. The second kappa shape index (κ2) is 8.63. The molecule has 162 valence electrons. The lowest BCUT2D eigenvalue weighted by molar-refractivity contribution is -0.120. The van der Waals surface area contributed by atoms with Crippen molar-refractivity contribution in [3.8, 4) is 0 Å². The van der Waals surface area contributed by atoms with E-state index in [4.69, 9.17) is 9.40 Å². The minimum Gasteiger partial charge on any atom is -0.467 e. The summed E-state index contributed by atoms with van der Waals surface area (Å²) in [7, 11) is 0. The number of hydrogen-bond donors (Lipinski definition) is 1. The standard InChI is InChI=1S/C24H20FN3O3S/c25-16-9-7-15(8-10-16)21(22(29)26-17-11-12-17)32-24-27-20-6-2-1-5-19(20)23(30)28(24)14-18-4-3-13-31-18/h1-10,13,17,21H,11-12,14H2,(H,26,29). The van der Waals surface area contributed by atoms with E-state index in [9.17, 15) is 14.0 Å². The summed E-state index contributed by atoms with van der Waals surface area (Å²) in [6, 6.07) is 16.7. The molecule has 1 saturated carbocycles. The molecule has 1 amide bonds. The molecule has 1 aliphatic rings. The normalized spacial score (nSPS) is 14.4. The number of amides is 1. The lowest BCUT2D eigenvalue weighted by atomic mass is 10.1. The predicted octanol–water partition coefficient (Wildman–Crippen LogP) is 4.29. The molecular formula is C24H20FN3O3S. The van der Waals surface area contributed by atoms with Crippen molar-refractivity contribution in [1.29, 1.82) is 0 Å². The zero-order valence-corrected chi connectivity index (χ0v) is 17.8. The van der Waals surface area contributed by atoms with Crippen molar-refractivity contribution in [1.82, 2.24) is 14.9 Å². The van der Waals surface area contributed by atoms with Gasteiger partial charge in [-0.05, 0) is 54.8 Å². The summed E-state index contributed by atoms with van der Waals surface area (Å²) in [6.07, 6.45) is 3.44. The van der Waals surface area contributed by atoms with E-state index in [1.807, 2.05) is 6.07 Å². The van der Waals surface area contributed by atoms with Crippen molar-refractivity contribution in [3.05, 3.63) is 94.4 Å². The molecule has 0 spiro atoms. The van der Waals surface area contributed by atoms with Gasteiger partial charge in [-0.25, -0.2) is 9.37 Å². The van der Waals surface area contributed by atoms with Crippen LogP contribution in [0.25, 0.3) is 10.9 Å². The summed E-state index contributed by atoms with van der Waals surface area (Å²) < 4.78 is 20.5. The highest BCUT2D eigenvalue weighted by Gasteiger charge is 2.30. The highest BCUT2D eigenvalue weighted by molar-refractivity contribution is 8.00. The maximum Gasteiger partial charge on any atom is 0.262 e. The molecule has 4 aromatic rings. The first-order chi connectivity index (χ1) is 15.6. The number of hydrogen-bond acceptors (Lipinski definition) is 5. The van der Waals surface area contributed by atoms with Gasteiger partial charge in [-0.1, -0.05) is 36.0 Å². The fourth-order valence-corrected chi connectivity index (χ4v) is 4.56. The largest absolute Gasteiger partial charge is 0.467 e. The Morgan fingerprint density at radius 1 is 1.16 bits per heavy atom. The van der Waals surface area contributed by atoms with Crippen molar-refractivity contribution in [2.24, 2.45) is 0 Å². The fraction of sp³-hybridized carbons (Fsp3) is 0.208. The Balaban J connectivity index is 1.59. The third kappa shape index (κ3) is 4.31. The van der Waals surface area contributed by atoms with Gasteiger partial charge in [0.05, 0.1) is 23.7 Å². The van der Waals surface area contributed by atoms with Crippen molar-refractivity contribution in [3.63, 3.8) is 0 Å². The molecule has 1 atom stereocenters. The Kier molecular flexibility index (Phi) is 5.53. The molecule has 0 aliphatic heterocycles. The van der Waals surface area contributed by atoms with E-state index in [1.165, 1.54) is 28.5 Å². The van der Waals surface area contributed by atoms with Crippen molar-refractivity contribution in [2.75, 3.05) is 0 Å². The average Bonchev–Trinajstić information content (AvgIpc) is 3.46. The molecule has 1 N–H and O–H groups in total. The molecule has 1 fully saturated rings. The minimum absolute atomic E-state index is 0.168. The number of aromatic nitrogens is 2. The van der Waals surface area contributed by atoms with E-state index >= 15 is 0 Å². The van der Waals surface area contributed by atoms with Crippen LogP contribution in [0.1, 0.15) is 29.4 Å². The molecule has 0 saturated heterocycles. The first-order valence-electron chi connectivity index (χ1n) is 10.3. The van der Waals surface area contributed by atoms with E-state index in [1.54, 1.807) is 48.7 Å². The molecule has 5 rings (SSSR count). The van der Waals surface area contributed by atoms with Crippen LogP contribution in [0.3, 0.4) is 0 Å². The molecule has 1 unspecified atom stereocenters. The SMILES string of the molecule is O=C(NC1CC1)C(Sc1nc2ccccc2c(=O)n1Cc1ccco1)c1ccc(F)cc1. The number of benzene rings is 2. The number of fused-ring (bicyclic) bond motifs is 1. The zero-order valence-electron chi connectivity index (χ0n) is 17.0. The van der Waals surface area contributed by atoms with Crippen LogP contribution in [0.15, 0.2) is 81.3 Å². The lowest BCUT2D eigenvalue weighted by Gasteiger charge is -2.19. The molecule has 2 heterocycles.